The molecule has 2 amide bonds. The number of likely N-dealkylation sites (N-methyl/N-ethyl adjacent to an activating group) is 1. The van der Waals surface area contributed by atoms with Gasteiger partial charge >= 0.3 is 0 Å². The van der Waals surface area contributed by atoms with Gasteiger partial charge in [0.1, 0.15) is 0 Å². The third kappa shape index (κ3) is 4.33. The van der Waals surface area contributed by atoms with Gasteiger partial charge in [0.2, 0.25) is 11.8 Å². The molecule has 2 rings (SSSR count). The number of carbonyl (C=O) groups excluding carboxylic acids is 2. The molecule has 0 aliphatic carbocycles. The molecule has 1 atom stereocenters. The lowest BCUT2D eigenvalue weighted by Gasteiger charge is -2.35. The highest BCUT2D eigenvalue weighted by Crippen LogP contribution is 2.10. The molecule has 0 spiro atoms. The van der Waals surface area contributed by atoms with Gasteiger partial charge in [-0.15, -0.1) is 12.4 Å². The van der Waals surface area contributed by atoms with Crippen LogP contribution in [0.3, 0.4) is 0 Å². The molecule has 1 unspecified atom stereocenters. The number of rotatable bonds is 3. The van der Waals surface area contributed by atoms with Gasteiger partial charge in [0.15, 0.2) is 0 Å². The summed E-state index contributed by atoms with van der Waals surface area (Å²) in [7, 11) is 1.93. The molecule has 6 nitrogen and oxygen atoms in total. The van der Waals surface area contributed by atoms with Crippen LogP contribution in [0.15, 0.2) is 0 Å². The lowest BCUT2D eigenvalue weighted by atomic mass is 10.1. The van der Waals surface area contributed by atoms with Crippen molar-refractivity contribution in [1.29, 1.82) is 0 Å². The van der Waals surface area contributed by atoms with Gasteiger partial charge in [-0.05, 0) is 19.9 Å². The summed E-state index contributed by atoms with van der Waals surface area (Å²) < 4.78 is 0. The van der Waals surface area contributed by atoms with Crippen LogP contribution in [0.25, 0.3) is 0 Å². The first kappa shape index (κ1) is 16.2. The number of hydrogen-bond donors (Lipinski definition) is 2. The summed E-state index contributed by atoms with van der Waals surface area (Å²) in [5, 5.41) is 6.22. The first-order valence-electron chi connectivity index (χ1n) is 6.64. The van der Waals surface area contributed by atoms with Crippen LogP contribution in [0.5, 0.6) is 0 Å². The minimum atomic E-state index is 0. The van der Waals surface area contributed by atoms with Crippen LogP contribution in [0, 0.1) is 0 Å². The molecule has 0 bridgehead atoms. The normalized spacial score (nSPS) is 24.1. The number of nitrogens with one attached hydrogen (secondary N) is 2. The van der Waals surface area contributed by atoms with Gasteiger partial charge < -0.3 is 20.4 Å². The average Bonchev–Trinajstić information content (AvgIpc) is 2.41. The second kappa shape index (κ2) is 7.67. The molecular weight excluding hydrogens is 268 g/mol. The quantitative estimate of drug-likeness (QED) is 0.704. The number of piperidine rings is 1. The number of carbonyl (C=O) groups is 2. The first-order chi connectivity index (χ1) is 8.70. The molecule has 7 heteroatoms. The second-order valence-electron chi connectivity index (χ2n) is 4.96. The van der Waals surface area contributed by atoms with E-state index in [4.69, 9.17) is 0 Å². The van der Waals surface area contributed by atoms with Gasteiger partial charge in [-0.25, -0.2) is 0 Å². The molecule has 0 radical (unpaired) electrons. The Morgan fingerprint density at radius 1 is 1.47 bits per heavy atom. The van der Waals surface area contributed by atoms with Gasteiger partial charge in [-0.2, -0.15) is 0 Å². The fourth-order valence-corrected chi connectivity index (χ4v) is 2.52. The van der Waals surface area contributed by atoms with Crippen LogP contribution in [-0.4, -0.2) is 74.0 Å². The van der Waals surface area contributed by atoms with Gasteiger partial charge in [0.25, 0.3) is 0 Å². The summed E-state index contributed by atoms with van der Waals surface area (Å²) >= 11 is 0. The Balaban J connectivity index is 0.00000180. The molecule has 0 aromatic heterocycles. The number of halogens is 1. The molecule has 2 saturated heterocycles. The molecule has 0 aromatic rings. The summed E-state index contributed by atoms with van der Waals surface area (Å²) in [6.45, 7) is 3.57. The summed E-state index contributed by atoms with van der Waals surface area (Å²) in [5.74, 6) is 0.0991. The third-order valence-corrected chi connectivity index (χ3v) is 3.70. The zero-order valence-corrected chi connectivity index (χ0v) is 12.2. The van der Waals surface area contributed by atoms with Crippen LogP contribution in [0.2, 0.25) is 0 Å². The molecule has 19 heavy (non-hydrogen) atoms. The third-order valence-electron chi connectivity index (χ3n) is 3.70. The zero-order valence-electron chi connectivity index (χ0n) is 11.4. The molecule has 2 N–H and O–H groups in total. The Morgan fingerprint density at radius 3 is 2.95 bits per heavy atom. The van der Waals surface area contributed by atoms with E-state index in [0.717, 1.165) is 32.5 Å². The Hall–Kier alpha value is -0.850. The van der Waals surface area contributed by atoms with Crippen molar-refractivity contribution in [2.24, 2.45) is 0 Å². The summed E-state index contributed by atoms with van der Waals surface area (Å²) in [6.07, 6.45) is 2.15. The summed E-state index contributed by atoms with van der Waals surface area (Å²) in [5.41, 5.74) is 0. The second-order valence-corrected chi connectivity index (χ2v) is 4.96. The van der Waals surface area contributed by atoms with Gasteiger partial charge in [0.05, 0.1) is 13.1 Å². The average molecular weight is 291 g/mol. The Kier molecular flexibility index (Phi) is 6.54. The molecule has 0 aromatic carbocycles. The van der Waals surface area contributed by atoms with Crippen molar-refractivity contribution < 1.29 is 9.59 Å². The molecule has 0 saturated carbocycles. The van der Waals surface area contributed by atoms with Crippen molar-refractivity contribution in [1.82, 2.24) is 20.4 Å². The number of nitrogens with zero attached hydrogens (tertiary/aromatic N) is 2. The van der Waals surface area contributed by atoms with Crippen LogP contribution in [0.1, 0.15) is 12.8 Å². The Bertz CT molecular complexity index is 327. The SMILES string of the molecule is CNC1CCCN(C(=O)CN2CCNCC2=O)C1.Cl. The lowest BCUT2D eigenvalue weighted by molar-refractivity contribution is -0.141. The van der Waals surface area contributed by atoms with E-state index >= 15 is 0 Å². The Morgan fingerprint density at radius 2 is 2.26 bits per heavy atom. The van der Waals surface area contributed by atoms with E-state index in [0.29, 0.717) is 19.1 Å². The van der Waals surface area contributed by atoms with Crippen molar-refractivity contribution in [3.63, 3.8) is 0 Å². The van der Waals surface area contributed by atoms with Crippen molar-refractivity contribution in [3.05, 3.63) is 0 Å². The van der Waals surface area contributed by atoms with E-state index in [1.54, 1.807) is 4.90 Å². The van der Waals surface area contributed by atoms with Crippen molar-refractivity contribution in [3.8, 4) is 0 Å². The van der Waals surface area contributed by atoms with Crippen LogP contribution in [-0.2, 0) is 9.59 Å². The highest BCUT2D eigenvalue weighted by Gasteiger charge is 2.26. The zero-order chi connectivity index (χ0) is 13.0. The largest absolute Gasteiger partial charge is 0.340 e. The molecule has 2 aliphatic rings. The van der Waals surface area contributed by atoms with Gasteiger partial charge in [0, 0.05) is 32.2 Å². The minimum Gasteiger partial charge on any atom is -0.340 e. The minimum absolute atomic E-state index is 0. The maximum atomic E-state index is 12.2. The van der Waals surface area contributed by atoms with Crippen LogP contribution >= 0.6 is 12.4 Å². The number of amides is 2. The van der Waals surface area contributed by atoms with E-state index in [-0.39, 0.29) is 30.8 Å². The van der Waals surface area contributed by atoms with Gasteiger partial charge in [-0.3, -0.25) is 9.59 Å². The van der Waals surface area contributed by atoms with E-state index in [1.807, 2.05) is 11.9 Å². The molecule has 2 aliphatic heterocycles. The number of piperazine rings is 1. The topological polar surface area (TPSA) is 64.7 Å². The molecular formula is C12H23ClN4O2. The molecule has 110 valence electrons. The standard InChI is InChI=1S/C12H22N4O2.ClH/c1-13-10-3-2-5-15(8-10)12(18)9-16-6-4-14-7-11(16)17;/h10,13-14H,2-9H2,1H3;1H. The fraction of sp³-hybridized carbons (Fsp3) is 0.833. The smallest absolute Gasteiger partial charge is 0.242 e. The van der Waals surface area contributed by atoms with E-state index in [1.165, 1.54) is 0 Å². The van der Waals surface area contributed by atoms with Crippen LogP contribution < -0.4 is 10.6 Å². The van der Waals surface area contributed by atoms with E-state index in [2.05, 4.69) is 10.6 Å². The summed E-state index contributed by atoms with van der Waals surface area (Å²) in [6, 6.07) is 0.390. The lowest BCUT2D eigenvalue weighted by Crippen LogP contribution is -2.54. The number of hydrogen-bond acceptors (Lipinski definition) is 4. The first-order valence-corrected chi connectivity index (χ1v) is 6.64. The van der Waals surface area contributed by atoms with E-state index in [9.17, 15) is 9.59 Å². The number of likely N-dealkylation sites (tertiary alicyclic amines) is 1. The molecule has 2 fully saturated rings. The maximum Gasteiger partial charge on any atom is 0.242 e. The predicted octanol–water partition coefficient (Wildman–Crippen LogP) is -0.950. The Labute approximate surface area is 120 Å². The van der Waals surface area contributed by atoms with E-state index < -0.39 is 0 Å². The highest BCUT2D eigenvalue weighted by atomic mass is 35.5. The van der Waals surface area contributed by atoms with Crippen molar-refractivity contribution >= 4 is 24.2 Å². The highest BCUT2D eigenvalue weighted by molar-refractivity contribution is 5.86. The molecule has 2 heterocycles. The van der Waals surface area contributed by atoms with Crippen LogP contribution in [0.4, 0.5) is 0 Å². The maximum absolute atomic E-state index is 12.2. The predicted molar refractivity (Wildman–Crippen MR) is 75.4 cm³/mol. The fourth-order valence-electron chi connectivity index (χ4n) is 2.52. The van der Waals surface area contributed by atoms with Gasteiger partial charge in [-0.1, -0.05) is 0 Å². The van der Waals surface area contributed by atoms with Crippen molar-refractivity contribution in [2.75, 3.05) is 46.3 Å². The van der Waals surface area contributed by atoms with Crippen molar-refractivity contribution in [2.45, 2.75) is 18.9 Å². The monoisotopic (exact) mass is 290 g/mol. The summed E-state index contributed by atoms with van der Waals surface area (Å²) in [4.78, 5) is 27.3.